The summed E-state index contributed by atoms with van der Waals surface area (Å²) >= 11 is 0. The molecule has 0 atom stereocenters. The van der Waals surface area contributed by atoms with Gasteiger partial charge in [-0.05, 0) is 48.7 Å². The fourth-order valence-electron chi connectivity index (χ4n) is 3.02. The second-order valence-electron chi connectivity index (χ2n) is 5.75. The van der Waals surface area contributed by atoms with Crippen molar-refractivity contribution in [3.8, 4) is 0 Å². The van der Waals surface area contributed by atoms with E-state index in [4.69, 9.17) is 5.11 Å². The number of rotatable bonds is 4. The SMILES string of the molecule is CN(Cc1ccc(C(=O)O)cc1)C1Cc2ccccc2C1. The first-order chi connectivity index (χ1) is 10.1. The topological polar surface area (TPSA) is 40.5 Å². The molecule has 3 rings (SSSR count). The molecule has 0 fully saturated rings. The van der Waals surface area contributed by atoms with E-state index in [1.54, 1.807) is 12.1 Å². The van der Waals surface area contributed by atoms with Crippen LogP contribution < -0.4 is 0 Å². The predicted molar refractivity (Wildman–Crippen MR) is 82.5 cm³/mol. The van der Waals surface area contributed by atoms with Crippen LogP contribution in [0.25, 0.3) is 0 Å². The van der Waals surface area contributed by atoms with Crippen molar-refractivity contribution >= 4 is 5.97 Å². The van der Waals surface area contributed by atoms with E-state index < -0.39 is 5.97 Å². The lowest BCUT2D eigenvalue weighted by Gasteiger charge is -2.24. The zero-order valence-electron chi connectivity index (χ0n) is 12.1. The van der Waals surface area contributed by atoms with Crippen LogP contribution >= 0.6 is 0 Å². The molecule has 1 N–H and O–H groups in total. The molecular weight excluding hydrogens is 262 g/mol. The van der Waals surface area contributed by atoms with Crippen molar-refractivity contribution in [2.75, 3.05) is 7.05 Å². The van der Waals surface area contributed by atoms with Crippen molar-refractivity contribution in [1.82, 2.24) is 4.90 Å². The van der Waals surface area contributed by atoms with Gasteiger partial charge in [0.1, 0.15) is 0 Å². The molecule has 1 aliphatic rings. The van der Waals surface area contributed by atoms with Crippen LogP contribution in [0.1, 0.15) is 27.0 Å². The van der Waals surface area contributed by atoms with E-state index >= 15 is 0 Å². The van der Waals surface area contributed by atoms with Crippen LogP contribution in [0, 0.1) is 0 Å². The summed E-state index contributed by atoms with van der Waals surface area (Å²) in [5.41, 5.74) is 4.40. The van der Waals surface area contributed by atoms with Crippen molar-refractivity contribution in [1.29, 1.82) is 0 Å². The third-order valence-electron chi connectivity index (χ3n) is 4.29. The molecule has 0 heterocycles. The Morgan fingerprint density at radius 2 is 1.67 bits per heavy atom. The lowest BCUT2D eigenvalue weighted by Crippen LogP contribution is -2.31. The second kappa shape index (κ2) is 5.70. The molecule has 0 radical (unpaired) electrons. The third kappa shape index (κ3) is 2.98. The zero-order chi connectivity index (χ0) is 14.8. The molecule has 21 heavy (non-hydrogen) atoms. The Morgan fingerprint density at radius 1 is 1.10 bits per heavy atom. The Balaban J connectivity index is 1.65. The predicted octanol–water partition coefficient (Wildman–Crippen LogP) is 2.98. The largest absolute Gasteiger partial charge is 0.478 e. The summed E-state index contributed by atoms with van der Waals surface area (Å²) in [6, 6.07) is 16.3. The minimum atomic E-state index is -0.874. The van der Waals surface area contributed by atoms with Gasteiger partial charge < -0.3 is 5.11 Å². The summed E-state index contributed by atoms with van der Waals surface area (Å²) in [6.45, 7) is 0.846. The summed E-state index contributed by atoms with van der Waals surface area (Å²) in [4.78, 5) is 13.2. The van der Waals surface area contributed by atoms with Crippen LogP contribution in [0.3, 0.4) is 0 Å². The van der Waals surface area contributed by atoms with Crippen LogP contribution in [0.5, 0.6) is 0 Å². The second-order valence-corrected chi connectivity index (χ2v) is 5.75. The van der Waals surface area contributed by atoms with E-state index in [1.807, 2.05) is 12.1 Å². The number of hydrogen-bond acceptors (Lipinski definition) is 2. The minimum Gasteiger partial charge on any atom is -0.478 e. The molecule has 0 bridgehead atoms. The summed E-state index contributed by atoms with van der Waals surface area (Å²) in [7, 11) is 2.14. The molecule has 0 saturated heterocycles. The minimum absolute atomic E-state index is 0.342. The normalized spacial score (nSPS) is 14.4. The lowest BCUT2D eigenvalue weighted by atomic mass is 10.1. The summed E-state index contributed by atoms with van der Waals surface area (Å²) < 4.78 is 0. The highest BCUT2D eigenvalue weighted by atomic mass is 16.4. The highest BCUT2D eigenvalue weighted by Crippen LogP contribution is 2.25. The first kappa shape index (κ1) is 13.8. The van der Waals surface area contributed by atoms with Gasteiger partial charge in [-0.15, -0.1) is 0 Å². The number of likely N-dealkylation sites (N-methyl/N-ethyl adjacent to an activating group) is 1. The van der Waals surface area contributed by atoms with Gasteiger partial charge in [0, 0.05) is 12.6 Å². The highest BCUT2D eigenvalue weighted by molar-refractivity contribution is 5.87. The Morgan fingerprint density at radius 3 is 2.19 bits per heavy atom. The van der Waals surface area contributed by atoms with E-state index in [9.17, 15) is 4.79 Å². The van der Waals surface area contributed by atoms with Gasteiger partial charge >= 0.3 is 5.97 Å². The van der Waals surface area contributed by atoms with Crippen LogP contribution in [0.4, 0.5) is 0 Å². The van der Waals surface area contributed by atoms with Gasteiger partial charge in [0.15, 0.2) is 0 Å². The molecule has 3 heteroatoms. The first-order valence-electron chi connectivity index (χ1n) is 7.23. The number of fused-ring (bicyclic) bond motifs is 1. The fourth-order valence-corrected chi connectivity index (χ4v) is 3.02. The molecule has 0 aromatic heterocycles. The average Bonchev–Trinajstić information content (AvgIpc) is 2.92. The number of benzene rings is 2. The van der Waals surface area contributed by atoms with Crippen molar-refractivity contribution in [2.45, 2.75) is 25.4 Å². The van der Waals surface area contributed by atoms with Gasteiger partial charge in [0.05, 0.1) is 5.56 Å². The van der Waals surface area contributed by atoms with Gasteiger partial charge in [-0.2, -0.15) is 0 Å². The lowest BCUT2D eigenvalue weighted by molar-refractivity contribution is 0.0697. The van der Waals surface area contributed by atoms with Gasteiger partial charge in [0.2, 0.25) is 0 Å². The van der Waals surface area contributed by atoms with Crippen molar-refractivity contribution < 1.29 is 9.90 Å². The number of carbonyl (C=O) groups is 1. The Hall–Kier alpha value is -2.13. The van der Waals surface area contributed by atoms with E-state index in [2.05, 4.69) is 36.2 Å². The summed E-state index contributed by atoms with van der Waals surface area (Å²) in [5.74, 6) is -0.874. The highest BCUT2D eigenvalue weighted by Gasteiger charge is 2.24. The number of aromatic carboxylic acids is 1. The number of carboxylic acid groups (broad SMARTS) is 1. The first-order valence-corrected chi connectivity index (χ1v) is 7.23. The third-order valence-corrected chi connectivity index (χ3v) is 4.29. The molecule has 0 aliphatic heterocycles. The number of nitrogens with zero attached hydrogens (tertiary/aromatic N) is 1. The smallest absolute Gasteiger partial charge is 0.335 e. The molecule has 3 nitrogen and oxygen atoms in total. The van der Waals surface area contributed by atoms with Crippen molar-refractivity contribution in [2.24, 2.45) is 0 Å². The van der Waals surface area contributed by atoms with E-state index in [0.717, 1.165) is 24.9 Å². The Kier molecular flexibility index (Phi) is 3.76. The molecule has 0 amide bonds. The standard InChI is InChI=1S/C18H19NO2/c1-19(12-13-6-8-14(9-7-13)18(20)21)17-10-15-4-2-3-5-16(15)11-17/h2-9,17H,10-12H2,1H3,(H,20,21). The monoisotopic (exact) mass is 281 g/mol. The van der Waals surface area contributed by atoms with Gasteiger partial charge in [-0.25, -0.2) is 4.79 Å². The molecule has 2 aromatic rings. The summed E-state index contributed by atoms with van der Waals surface area (Å²) in [6.07, 6.45) is 2.19. The number of hydrogen-bond donors (Lipinski definition) is 1. The fraction of sp³-hybridized carbons (Fsp3) is 0.278. The van der Waals surface area contributed by atoms with Crippen LogP contribution in [0.2, 0.25) is 0 Å². The van der Waals surface area contributed by atoms with Crippen molar-refractivity contribution in [3.63, 3.8) is 0 Å². The van der Waals surface area contributed by atoms with Gasteiger partial charge in [-0.1, -0.05) is 36.4 Å². The Labute approximate surface area is 124 Å². The van der Waals surface area contributed by atoms with Gasteiger partial charge in [0.25, 0.3) is 0 Å². The molecule has 108 valence electrons. The van der Waals surface area contributed by atoms with Crippen LogP contribution in [-0.2, 0) is 19.4 Å². The van der Waals surface area contributed by atoms with Crippen LogP contribution in [0.15, 0.2) is 48.5 Å². The van der Waals surface area contributed by atoms with E-state index in [-0.39, 0.29) is 0 Å². The zero-order valence-corrected chi connectivity index (χ0v) is 12.1. The average molecular weight is 281 g/mol. The van der Waals surface area contributed by atoms with Gasteiger partial charge in [-0.3, -0.25) is 4.90 Å². The van der Waals surface area contributed by atoms with E-state index in [0.29, 0.717) is 11.6 Å². The van der Waals surface area contributed by atoms with Crippen LogP contribution in [-0.4, -0.2) is 29.1 Å². The molecule has 1 aliphatic carbocycles. The Bertz CT molecular complexity index is 624. The molecule has 0 saturated carbocycles. The molecule has 0 spiro atoms. The molecular formula is C18H19NO2. The maximum Gasteiger partial charge on any atom is 0.335 e. The maximum atomic E-state index is 10.9. The molecule has 2 aromatic carbocycles. The quantitative estimate of drug-likeness (QED) is 0.936. The maximum absolute atomic E-state index is 10.9. The summed E-state index contributed by atoms with van der Waals surface area (Å²) in [5, 5.41) is 8.92. The number of carboxylic acids is 1. The molecule has 0 unspecified atom stereocenters. The van der Waals surface area contributed by atoms with E-state index in [1.165, 1.54) is 11.1 Å². The van der Waals surface area contributed by atoms with Crippen molar-refractivity contribution in [3.05, 3.63) is 70.8 Å².